The maximum absolute atomic E-state index is 13.7. The summed E-state index contributed by atoms with van der Waals surface area (Å²) in [6.45, 7) is 1.87. The molecule has 0 saturated carbocycles. The first-order valence-electron chi connectivity index (χ1n) is 11.1. The van der Waals surface area contributed by atoms with Gasteiger partial charge in [-0.15, -0.1) is 0 Å². The van der Waals surface area contributed by atoms with Gasteiger partial charge in [0.15, 0.2) is 10.9 Å². The molecule has 0 saturated heterocycles. The van der Waals surface area contributed by atoms with Crippen molar-refractivity contribution in [3.63, 3.8) is 0 Å². The summed E-state index contributed by atoms with van der Waals surface area (Å²) in [7, 11) is 3.17. The number of aromatic nitrogens is 1. The molecule has 2 heterocycles. The van der Waals surface area contributed by atoms with E-state index < -0.39 is 5.92 Å². The fourth-order valence-corrected chi connectivity index (χ4v) is 5.60. The second-order valence-electron chi connectivity index (χ2n) is 8.31. The number of allylic oxidation sites excluding steroid dienone is 3. The number of nitrogens with one attached hydrogen (secondary N) is 2. The summed E-state index contributed by atoms with van der Waals surface area (Å²) in [5, 5.41) is 6.84. The molecule has 1 aliphatic carbocycles. The second-order valence-corrected chi connectivity index (χ2v) is 9.35. The standard InChI is InChI=1S/C26H25N3O4S/c1-14-22(25(31)29-26-28-17-7-4-5-10-21(17)34-26)23(24-18(27-14)8-6-9-19(24)30)16-12-11-15(32-2)13-20(16)33-3/h4-5,7,10-13,23,27H,6,8-9H2,1-3H3,(H,28,29,31)/t23-/m0/s1. The number of carbonyl (C=O) groups is 2. The Bertz CT molecular complexity index is 1340. The van der Waals surface area contributed by atoms with Crippen molar-refractivity contribution in [2.45, 2.75) is 32.1 Å². The number of ketones is 1. The van der Waals surface area contributed by atoms with E-state index >= 15 is 0 Å². The van der Waals surface area contributed by atoms with Crippen LogP contribution in [0.4, 0.5) is 5.13 Å². The van der Waals surface area contributed by atoms with Crippen molar-refractivity contribution in [2.24, 2.45) is 0 Å². The molecule has 5 rings (SSSR count). The number of hydrogen-bond donors (Lipinski definition) is 2. The number of dihydropyridines is 1. The van der Waals surface area contributed by atoms with Gasteiger partial charge >= 0.3 is 0 Å². The van der Waals surface area contributed by atoms with Crippen molar-refractivity contribution in [3.05, 3.63) is 70.6 Å². The predicted molar refractivity (Wildman–Crippen MR) is 132 cm³/mol. The van der Waals surface area contributed by atoms with Gasteiger partial charge in [0.25, 0.3) is 5.91 Å². The van der Waals surface area contributed by atoms with Gasteiger partial charge in [-0.3, -0.25) is 14.9 Å². The zero-order valence-electron chi connectivity index (χ0n) is 19.2. The highest BCUT2D eigenvalue weighted by atomic mass is 32.1. The van der Waals surface area contributed by atoms with Crippen LogP contribution in [0.3, 0.4) is 0 Å². The summed E-state index contributed by atoms with van der Waals surface area (Å²) < 4.78 is 12.0. The number of Topliss-reactive ketones (excluding diaryl/α,β-unsaturated/α-hetero) is 1. The second kappa shape index (κ2) is 8.95. The fraction of sp³-hybridized carbons (Fsp3) is 0.269. The van der Waals surface area contributed by atoms with Crippen LogP contribution >= 0.6 is 11.3 Å². The van der Waals surface area contributed by atoms with Crippen molar-refractivity contribution in [1.29, 1.82) is 0 Å². The lowest BCUT2D eigenvalue weighted by Gasteiger charge is -2.35. The lowest BCUT2D eigenvalue weighted by atomic mass is 9.74. The monoisotopic (exact) mass is 475 g/mol. The number of thiazole rings is 1. The number of anilines is 1. The number of carbonyl (C=O) groups excluding carboxylic acids is 2. The molecule has 0 spiro atoms. The molecule has 0 bridgehead atoms. The SMILES string of the molecule is COc1ccc([C@H]2C(C(=O)Nc3nc4ccccc4s3)=C(C)NC3=C2C(=O)CCC3)c(OC)c1. The first-order chi connectivity index (χ1) is 16.5. The Morgan fingerprint density at radius 1 is 1.15 bits per heavy atom. The summed E-state index contributed by atoms with van der Waals surface area (Å²) in [5.41, 5.74) is 4.30. The molecule has 34 heavy (non-hydrogen) atoms. The average molecular weight is 476 g/mol. The molecule has 1 aliphatic heterocycles. The van der Waals surface area contributed by atoms with Crippen LogP contribution in [0, 0.1) is 0 Å². The molecular weight excluding hydrogens is 450 g/mol. The molecule has 3 aromatic rings. The van der Waals surface area contributed by atoms with Crippen molar-refractivity contribution in [1.82, 2.24) is 10.3 Å². The van der Waals surface area contributed by atoms with Crippen LogP contribution in [-0.4, -0.2) is 30.9 Å². The van der Waals surface area contributed by atoms with E-state index in [4.69, 9.17) is 9.47 Å². The highest BCUT2D eigenvalue weighted by Crippen LogP contribution is 2.46. The quantitative estimate of drug-likeness (QED) is 0.545. The first kappa shape index (κ1) is 22.2. The number of nitrogens with zero attached hydrogens (tertiary/aromatic N) is 1. The topological polar surface area (TPSA) is 89.5 Å². The summed E-state index contributed by atoms with van der Waals surface area (Å²) in [6.07, 6.45) is 2.01. The van der Waals surface area contributed by atoms with Crippen molar-refractivity contribution >= 4 is 38.4 Å². The third-order valence-corrected chi connectivity index (χ3v) is 7.24. The number of rotatable bonds is 5. The number of amides is 1. The zero-order valence-corrected chi connectivity index (χ0v) is 20.0. The van der Waals surface area contributed by atoms with Gasteiger partial charge in [-0.25, -0.2) is 4.98 Å². The molecular formula is C26H25N3O4S. The van der Waals surface area contributed by atoms with Gasteiger partial charge in [0.2, 0.25) is 0 Å². The van der Waals surface area contributed by atoms with E-state index in [-0.39, 0.29) is 11.7 Å². The van der Waals surface area contributed by atoms with Gasteiger partial charge in [-0.05, 0) is 38.0 Å². The lowest BCUT2D eigenvalue weighted by Crippen LogP contribution is -2.35. The molecule has 0 radical (unpaired) electrons. The van der Waals surface area contributed by atoms with E-state index in [2.05, 4.69) is 15.6 Å². The molecule has 2 aromatic carbocycles. The molecule has 7 nitrogen and oxygen atoms in total. The summed E-state index contributed by atoms with van der Waals surface area (Å²) >= 11 is 1.42. The maximum Gasteiger partial charge on any atom is 0.256 e. The molecule has 0 unspecified atom stereocenters. The minimum Gasteiger partial charge on any atom is -0.497 e. The van der Waals surface area contributed by atoms with Crippen molar-refractivity contribution < 1.29 is 19.1 Å². The Balaban J connectivity index is 1.60. The summed E-state index contributed by atoms with van der Waals surface area (Å²) in [6, 6.07) is 13.2. The van der Waals surface area contributed by atoms with Crippen molar-refractivity contribution in [3.8, 4) is 11.5 Å². The van der Waals surface area contributed by atoms with Crippen LogP contribution in [0.2, 0.25) is 0 Å². The highest BCUT2D eigenvalue weighted by molar-refractivity contribution is 7.22. The molecule has 174 valence electrons. The van der Waals surface area contributed by atoms with Crippen LogP contribution in [0.5, 0.6) is 11.5 Å². The molecule has 1 aromatic heterocycles. The largest absolute Gasteiger partial charge is 0.497 e. The minimum absolute atomic E-state index is 0.0504. The van der Waals surface area contributed by atoms with Gasteiger partial charge in [0.05, 0.1) is 30.4 Å². The van der Waals surface area contributed by atoms with Crippen LogP contribution < -0.4 is 20.1 Å². The Morgan fingerprint density at radius 3 is 2.74 bits per heavy atom. The normalized spacial score (nSPS) is 18.0. The number of para-hydroxylation sites is 1. The number of benzene rings is 2. The number of hydrogen-bond acceptors (Lipinski definition) is 7. The zero-order chi connectivity index (χ0) is 23.8. The van der Waals surface area contributed by atoms with E-state index in [0.717, 1.165) is 40.0 Å². The Labute approximate surface area is 201 Å². The molecule has 1 atom stereocenters. The van der Waals surface area contributed by atoms with Crippen molar-refractivity contribution in [2.75, 3.05) is 19.5 Å². The van der Waals surface area contributed by atoms with E-state index in [0.29, 0.717) is 34.2 Å². The van der Waals surface area contributed by atoms with Gasteiger partial charge in [-0.1, -0.05) is 29.5 Å². The Morgan fingerprint density at radius 2 is 1.97 bits per heavy atom. The smallest absolute Gasteiger partial charge is 0.256 e. The predicted octanol–water partition coefficient (Wildman–Crippen LogP) is 4.92. The molecule has 2 aliphatic rings. The Kier molecular flexibility index (Phi) is 5.83. The van der Waals surface area contributed by atoms with Gasteiger partial charge in [0.1, 0.15) is 11.5 Å². The third-order valence-electron chi connectivity index (χ3n) is 6.29. The van der Waals surface area contributed by atoms with Gasteiger partial charge in [0, 0.05) is 40.6 Å². The Hall–Kier alpha value is -3.65. The molecule has 0 fully saturated rings. The molecule has 8 heteroatoms. The maximum atomic E-state index is 13.7. The van der Waals surface area contributed by atoms with E-state index in [1.54, 1.807) is 20.3 Å². The lowest BCUT2D eigenvalue weighted by molar-refractivity contribution is -0.116. The molecule has 1 amide bonds. The number of ether oxygens (including phenoxy) is 2. The summed E-state index contributed by atoms with van der Waals surface area (Å²) in [5.74, 6) is 0.403. The average Bonchev–Trinajstić information content (AvgIpc) is 3.25. The van der Waals surface area contributed by atoms with Crippen LogP contribution in [0.15, 0.2) is 65.0 Å². The third kappa shape index (κ3) is 3.84. The van der Waals surface area contributed by atoms with Gasteiger partial charge < -0.3 is 14.8 Å². The van der Waals surface area contributed by atoms with E-state index in [1.165, 1.54) is 11.3 Å². The minimum atomic E-state index is -0.556. The number of methoxy groups -OCH3 is 2. The van der Waals surface area contributed by atoms with E-state index in [1.807, 2.05) is 43.3 Å². The fourth-order valence-electron chi connectivity index (χ4n) is 4.74. The van der Waals surface area contributed by atoms with Crippen LogP contribution in [0.25, 0.3) is 10.2 Å². The summed E-state index contributed by atoms with van der Waals surface area (Å²) in [4.78, 5) is 31.4. The number of fused-ring (bicyclic) bond motifs is 1. The van der Waals surface area contributed by atoms with Crippen LogP contribution in [-0.2, 0) is 9.59 Å². The molecule has 2 N–H and O–H groups in total. The highest BCUT2D eigenvalue weighted by Gasteiger charge is 2.40. The van der Waals surface area contributed by atoms with Crippen LogP contribution in [0.1, 0.15) is 37.7 Å². The van der Waals surface area contributed by atoms with Gasteiger partial charge in [-0.2, -0.15) is 0 Å². The first-order valence-corrected chi connectivity index (χ1v) is 11.9. The van der Waals surface area contributed by atoms with E-state index in [9.17, 15) is 9.59 Å².